The van der Waals surface area contributed by atoms with Crippen LogP contribution in [0.2, 0.25) is 0 Å². The third-order valence-corrected chi connectivity index (χ3v) is 10.3. The average Bonchev–Trinajstić information content (AvgIpc) is 3.44. The van der Waals surface area contributed by atoms with Crippen molar-refractivity contribution in [1.29, 1.82) is 0 Å². The number of methoxy groups -OCH3 is 1. The van der Waals surface area contributed by atoms with Gasteiger partial charge in [-0.3, -0.25) is 23.7 Å². The van der Waals surface area contributed by atoms with Crippen LogP contribution in [0.15, 0.2) is 82.6 Å². The van der Waals surface area contributed by atoms with Crippen LogP contribution in [0.25, 0.3) is 0 Å². The number of nitrogens with one attached hydrogen (secondary N) is 1. The lowest BCUT2D eigenvalue weighted by molar-refractivity contribution is -0.137. The molecule has 3 atom stereocenters. The minimum atomic E-state index is -4.68. The summed E-state index contributed by atoms with van der Waals surface area (Å²) in [5, 5.41) is 2.09. The SMILES string of the molecule is COc1ccccc1[C@@H]1c2sc(=O)n(CC(=O)Nc3ccccc3C)c2S[C@H]2C(=O)N(c3cccc(C(F)(F)F)c3)C(=O)[C@@H]12. The number of thioether (sulfide) groups is 1. The third-order valence-electron chi connectivity index (χ3n) is 7.68. The second-order valence-corrected chi connectivity index (χ2v) is 12.5. The van der Waals surface area contributed by atoms with E-state index in [1.807, 2.05) is 19.1 Å². The van der Waals surface area contributed by atoms with Gasteiger partial charge >= 0.3 is 11.0 Å². The summed E-state index contributed by atoms with van der Waals surface area (Å²) >= 11 is 1.84. The summed E-state index contributed by atoms with van der Waals surface area (Å²) in [4.78, 5) is 55.2. The molecule has 1 aromatic heterocycles. The van der Waals surface area contributed by atoms with Crippen molar-refractivity contribution in [2.24, 2.45) is 5.92 Å². The molecule has 44 heavy (non-hydrogen) atoms. The van der Waals surface area contributed by atoms with Crippen molar-refractivity contribution in [3.63, 3.8) is 0 Å². The van der Waals surface area contributed by atoms with Gasteiger partial charge in [-0.15, -0.1) is 0 Å². The van der Waals surface area contributed by atoms with Gasteiger partial charge in [0, 0.05) is 22.0 Å². The first-order chi connectivity index (χ1) is 21.0. The Labute approximate surface area is 257 Å². The quantitative estimate of drug-likeness (QED) is 0.273. The molecule has 0 radical (unpaired) electrons. The van der Waals surface area contributed by atoms with Crippen molar-refractivity contribution < 1.29 is 32.3 Å². The average molecular weight is 640 g/mol. The van der Waals surface area contributed by atoms with Crippen LogP contribution in [-0.4, -0.2) is 34.6 Å². The molecule has 1 fully saturated rings. The van der Waals surface area contributed by atoms with Crippen LogP contribution < -0.4 is 19.8 Å². The monoisotopic (exact) mass is 639 g/mol. The summed E-state index contributed by atoms with van der Waals surface area (Å²) in [6.07, 6.45) is -4.68. The summed E-state index contributed by atoms with van der Waals surface area (Å²) in [6.45, 7) is 1.49. The number of benzene rings is 3. The van der Waals surface area contributed by atoms with Crippen molar-refractivity contribution in [3.8, 4) is 5.75 Å². The van der Waals surface area contributed by atoms with E-state index in [-0.39, 0.29) is 12.2 Å². The van der Waals surface area contributed by atoms with Crippen molar-refractivity contribution in [1.82, 2.24) is 4.57 Å². The minimum absolute atomic E-state index is 0.193. The summed E-state index contributed by atoms with van der Waals surface area (Å²) in [6, 6.07) is 18.1. The predicted molar refractivity (Wildman–Crippen MR) is 160 cm³/mol. The molecular formula is C31H24F3N3O5S2. The van der Waals surface area contributed by atoms with E-state index in [2.05, 4.69) is 5.32 Å². The molecule has 3 heterocycles. The lowest BCUT2D eigenvalue weighted by Gasteiger charge is -2.31. The van der Waals surface area contributed by atoms with Crippen LogP contribution in [0.5, 0.6) is 5.75 Å². The van der Waals surface area contributed by atoms with Crippen molar-refractivity contribution in [3.05, 3.63) is 104 Å². The zero-order valence-electron chi connectivity index (χ0n) is 23.3. The molecule has 6 rings (SSSR count). The number of imide groups is 1. The van der Waals surface area contributed by atoms with E-state index in [0.717, 1.165) is 51.8 Å². The Kier molecular flexibility index (Phi) is 7.62. The topological polar surface area (TPSA) is 97.7 Å². The van der Waals surface area contributed by atoms with Crippen molar-refractivity contribution in [2.75, 3.05) is 17.3 Å². The molecule has 3 aromatic carbocycles. The van der Waals surface area contributed by atoms with Gasteiger partial charge in [-0.2, -0.15) is 13.2 Å². The van der Waals surface area contributed by atoms with Gasteiger partial charge in [0.25, 0.3) is 0 Å². The largest absolute Gasteiger partial charge is 0.496 e. The fourth-order valence-electron chi connectivity index (χ4n) is 5.64. The van der Waals surface area contributed by atoms with Crippen LogP contribution in [0.1, 0.15) is 27.5 Å². The van der Waals surface area contributed by atoms with Crippen LogP contribution in [0.4, 0.5) is 24.5 Å². The number of aromatic nitrogens is 1. The Morgan fingerprint density at radius 3 is 2.43 bits per heavy atom. The number of alkyl halides is 3. The highest BCUT2D eigenvalue weighted by Crippen LogP contribution is 2.55. The number of nitrogens with zero attached hydrogens (tertiary/aromatic N) is 2. The standard InChI is InChI=1S/C31H24F3N3O5S2/c1-16-8-3-5-12-20(16)35-22(38)15-36-29-26(44-30(36)41)23(19-11-4-6-13-21(19)42-2)24-25(43-29)28(40)37(27(24)39)18-10-7-9-17(14-18)31(32,33)34/h3-14,23-25H,15H2,1-2H3,(H,35,38)/t23-,24-,25+/m0/s1. The van der Waals surface area contributed by atoms with Crippen molar-refractivity contribution >= 4 is 52.2 Å². The Balaban J connectivity index is 1.44. The number of rotatable bonds is 6. The number of thiazole rings is 1. The van der Waals surface area contributed by atoms with Crippen LogP contribution >= 0.6 is 23.1 Å². The Hall–Kier alpha value is -4.36. The van der Waals surface area contributed by atoms with E-state index in [1.165, 1.54) is 17.7 Å². The number of ether oxygens (including phenoxy) is 1. The van der Waals surface area contributed by atoms with Crippen LogP contribution in [-0.2, 0) is 27.1 Å². The number of amides is 3. The molecule has 1 N–H and O–H groups in total. The molecule has 8 nitrogen and oxygen atoms in total. The highest BCUT2D eigenvalue weighted by Gasteiger charge is 2.57. The molecule has 0 spiro atoms. The van der Waals surface area contributed by atoms with E-state index in [0.29, 0.717) is 26.9 Å². The number of carbonyl (C=O) groups excluding carboxylic acids is 3. The van der Waals surface area contributed by atoms with Crippen molar-refractivity contribution in [2.45, 2.75) is 35.8 Å². The molecule has 2 aliphatic heterocycles. The molecule has 4 aromatic rings. The Morgan fingerprint density at radius 1 is 0.977 bits per heavy atom. The Bertz CT molecular complexity index is 1870. The summed E-state index contributed by atoms with van der Waals surface area (Å²) in [7, 11) is 1.45. The predicted octanol–water partition coefficient (Wildman–Crippen LogP) is 5.68. The third kappa shape index (κ3) is 5.09. The molecule has 13 heteroatoms. The zero-order valence-corrected chi connectivity index (χ0v) is 24.9. The second kappa shape index (κ2) is 11.3. The second-order valence-electron chi connectivity index (χ2n) is 10.3. The van der Waals surface area contributed by atoms with E-state index in [1.54, 1.807) is 36.4 Å². The first-order valence-corrected chi connectivity index (χ1v) is 15.1. The normalized spacial score (nSPS) is 19.5. The number of anilines is 2. The molecule has 0 saturated carbocycles. The van der Waals surface area contributed by atoms with Gasteiger partial charge in [-0.1, -0.05) is 65.6 Å². The first kappa shape index (κ1) is 29.7. The van der Waals surface area contributed by atoms with E-state index >= 15 is 0 Å². The highest BCUT2D eigenvalue weighted by molar-refractivity contribution is 8.00. The number of para-hydroxylation sites is 2. The number of hydrogen-bond acceptors (Lipinski definition) is 7. The lowest BCUT2D eigenvalue weighted by atomic mass is 9.82. The number of aryl methyl sites for hydroxylation is 1. The molecule has 2 aliphatic rings. The molecule has 0 bridgehead atoms. The fraction of sp³-hybridized carbons (Fsp3) is 0.226. The molecule has 1 saturated heterocycles. The van der Waals surface area contributed by atoms with Gasteiger partial charge in [-0.05, 0) is 42.8 Å². The molecule has 3 amide bonds. The van der Waals surface area contributed by atoms with E-state index in [4.69, 9.17) is 4.74 Å². The van der Waals surface area contributed by atoms with Gasteiger partial charge < -0.3 is 10.1 Å². The molecular weight excluding hydrogens is 615 g/mol. The number of halogens is 3. The van der Waals surface area contributed by atoms with E-state index in [9.17, 15) is 32.3 Å². The number of hydrogen-bond donors (Lipinski definition) is 1. The van der Waals surface area contributed by atoms with Gasteiger partial charge in [0.1, 0.15) is 17.5 Å². The fourth-order valence-corrected chi connectivity index (χ4v) is 8.40. The first-order valence-electron chi connectivity index (χ1n) is 13.4. The summed E-state index contributed by atoms with van der Waals surface area (Å²) in [5.41, 5.74) is 0.770. The number of carbonyl (C=O) groups is 3. The number of fused-ring (bicyclic) bond motifs is 2. The maximum Gasteiger partial charge on any atom is 0.416 e. The highest BCUT2D eigenvalue weighted by atomic mass is 32.2. The lowest BCUT2D eigenvalue weighted by Crippen LogP contribution is -2.33. The van der Waals surface area contributed by atoms with Gasteiger partial charge in [0.2, 0.25) is 17.7 Å². The molecule has 226 valence electrons. The Morgan fingerprint density at radius 2 is 1.70 bits per heavy atom. The summed E-state index contributed by atoms with van der Waals surface area (Å²) < 4.78 is 47.4. The summed E-state index contributed by atoms with van der Waals surface area (Å²) in [5.74, 6) is -3.31. The van der Waals surface area contributed by atoms with Gasteiger partial charge in [0.05, 0.1) is 29.3 Å². The van der Waals surface area contributed by atoms with Gasteiger partial charge in [0.15, 0.2) is 0 Å². The van der Waals surface area contributed by atoms with Crippen LogP contribution in [0, 0.1) is 12.8 Å². The van der Waals surface area contributed by atoms with E-state index < -0.39 is 51.4 Å². The smallest absolute Gasteiger partial charge is 0.416 e. The molecule has 0 unspecified atom stereocenters. The minimum Gasteiger partial charge on any atom is -0.496 e. The maximum absolute atomic E-state index is 14.0. The zero-order chi connectivity index (χ0) is 31.3. The van der Waals surface area contributed by atoms with Crippen LogP contribution in [0.3, 0.4) is 0 Å². The van der Waals surface area contributed by atoms with Gasteiger partial charge in [-0.25, -0.2) is 4.90 Å². The maximum atomic E-state index is 14.0. The molecule has 0 aliphatic carbocycles.